The van der Waals surface area contributed by atoms with Crippen LogP contribution in [0.15, 0.2) is 46.2 Å². The molecule has 1 aromatic carbocycles. The lowest BCUT2D eigenvalue weighted by molar-refractivity contribution is -0.896. The van der Waals surface area contributed by atoms with Crippen molar-refractivity contribution in [2.45, 2.75) is 30.8 Å². The van der Waals surface area contributed by atoms with Gasteiger partial charge in [0.1, 0.15) is 0 Å². The fourth-order valence-corrected chi connectivity index (χ4v) is 5.03. The Morgan fingerprint density at radius 3 is 2.92 bits per heavy atom. The molecular weight excluding hydrogens is 332 g/mol. The van der Waals surface area contributed by atoms with Gasteiger partial charge in [0.15, 0.2) is 0 Å². The summed E-state index contributed by atoms with van der Waals surface area (Å²) in [6.45, 7) is 0.322. The van der Waals surface area contributed by atoms with E-state index in [0.29, 0.717) is 6.54 Å². The summed E-state index contributed by atoms with van der Waals surface area (Å²) in [5.74, 6) is 0.0853. The molecule has 0 bridgehead atoms. The maximum atomic E-state index is 13.4. The molecule has 0 radical (unpaired) electrons. The second-order valence-corrected chi connectivity index (χ2v) is 7.73. The van der Waals surface area contributed by atoms with Gasteiger partial charge in [-0.25, -0.2) is 4.79 Å². The minimum absolute atomic E-state index is 0.0568. The average Bonchev–Trinajstić information content (AvgIpc) is 3.00. The van der Waals surface area contributed by atoms with Gasteiger partial charge in [0.2, 0.25) is 0 Å². The van der Waals surface area contributed by atoms with Crippen molar-refractivity contribution >= 4 is 10.9 Å². The first-order valence-electron chi connectivity index (χ1n) is 8.90. The minimum atomic E-state index is -0.447. The third kappa shape index (κ3) is 2.14. The van der Waals surface area contributed by atoms with Crippen molar-refractivity contribution in [1.29, 1.82) is 0 Å². The number of quaternary nitrogens is 1. The molecule has 2 aliphatic rings. The number of hydroxylamine groups is 3. The SMILES string of the molecule is C[N+]1([O-])C[C@H](n2ccc(=O)[nH]c2=O)C[C@@H]2c3cccc4[nH]cc(c34)C[C@H]21. The predicted octanol–water partition coefficient (Wildman–Crippen LogP) is 1.62. The van der Waals surface area contributed by atoms with Crippen LogP contribution >= 0.6 is 0 Å². The van der Waals surface area contributed by atoms with Crippen molar-refractivity contribution in [3.63, 3.8) is 0 Å². The Kier molecular flexibility index (Phi) is 3.11. The summed E-state index contributed by atoms with van der Waals surface area (Å²) in [7, 11) is 1.71. The number of nitrogens with one attached hydrogen (secondary N) is 2. The van der Waals surface area contributed by atoms with E-state index in [0.717, 1.165) is 18.4 Å². The number of aromatic nitrogens is 3. The van der Waals surface area contributed by atoms with Gasteiger partial charge in [-0.2, -0.15) is 0 Å². The molecule has 1 aliphatic heterocycles. The fourth-order valence-electron chi connectivity index (χ4n) is 5.03. The molecule has 5 rings (SSSR count). The summed E-state index contributed by atoms with van der Waals surface area (Å²) < 4.78 is 1.13. The van der Waals surface area contributed by atoms with Crippen molar-refractivity contribution < 1.29 is 4.65 Å². The molecule has 1 fully saturated rings. The Hall–Kier alpha value is -2.64. The van der Waals surface area contributed by atoms with Crippen molar-refractivity contribution in [3.05, 3.63) is 73.8 Å². The first-order valence-corrected chi connectivity index (χ1v) is 8.90. The number of fused-ring (bicyclic) bond motifs is 2. The molecule has 7 nitrogen and oxygen atoms in total. The van der Waals surface area contributed by atoms with Crippen LogP contribution in [-0.2, 0) is 6.42 Å². The Balaban J connectivity index is 1.64. The van der Waals surface area contributed by atoms with E-state index < -0.39 is 11.2 Å². The summed E-state index contributed by atoms with van der Waals surface area (Å²) >= 11 is 0. The molecule has 1 saturated heterocycles. The van der Waals surface area contributed by atoms with E-state index in [9.17, 15) is 14.8 Å². The molecule has 26 heavy (non-hydrogen) atoms. The van der Waals surface area contributed by atoms with Crippen molar-refractivity contribution in [2.75, 3.05) is 13.6 Å². The Bertz CT molecular complexity index is 1120. The molecule has 3 heterocycles. The highest BCUT2D eigenvalue weighted by Gasteiger charge is 2.46. The summed E-state index contributed by atoms with van der Waals surface area (Å²) in [5, 5.41) is 14.7. The van der Waals surface area contributed by atoms with Crippen LogP contribution in [0.25, 0.3) is 10.9 Å². The Morgan fingerprint density at radius 2 is 2.12 bits per heavy atom. The number of benzene rings is 1. The van der Waals surface area contributed by atoms with Gasteiger partial charge in [-0.1, -0.05) is 12.1 Å². The molecule has 1 aliphatic carbocycles. The van der Waals surface area contributed by atoms with E-state index in [4.69, 9.17) is 0 Å². The largest absolute Gasteiger partial charge is 0.633 e. The first kappa shape index (κ1) is 15.6. The quantitative estimate of drug-likeness (QED) is 0.515. The standard InChI is InChI=1S/C19H20N4O3/c1-23(26)10-12(22-6-5-17(24)21-19(22)25)8-14-13-3-2-4-15-18(13)11(9-20-15)7-16(14)23/h2-6,9,12,14,16,20H,7-8,10H2,1H3,(H,21,24,25)/t12-,14-,16-,23?/m1/s1. The van der Waals surface area contributed by atoms with E-state index in [1.165, 1.54) is 33.3 Å². The summed E-state index contributed by atoms with van der Waals surface area (Å²) in [4.78, 5) is 29.2. The Labute approximate surface area is 149 Å². The highest BCUT2D eigenvalue weighted by molar-refractivity contribution is 5.88. The van der Waals surface area contributed by atoms with Crippen LogP contribution in [0.3, 0.4) is 0 Å². The van der Waals surface area contributed by atoms with Crippen LogP contribution in [-0.4, -0.2) is 38.8 Å². The van der Waals surface area contributed by atoms with E-state index in [2.05, 4.69) is 22.1 Å². The second kappa shape index (κ2) is 5.18. The van der Waals surface area contributed by atoms with Gasteiger partial charge in [-0.15, -0.1) is 0 Å². The molecule has 4 atom stereocenters. The molecule has 0 spiro atoms. The number of aromatic amines is 2. The zero-order chi connectivity index (χ0) is 18.1. The second-order valence-electron chi connectivity index (χ2n) is 7.73. The van der Waals surface area contributed by atoms with Crippen molar-refractivity contribution in [3.8, 4) is 0 Å². The van der Waals surface area contributed by atoms with Gasteiger partial charge in [0, 0.05) is 41.7 Å². The molecule has 2 aromatic heterocycles. The van der Waals surface area contributed by atoms with Crippen LogP contribution < -0.4 is 11.2 Å². The van der Waals surface area contributed by atoms with E-state index in [1.807, 2.05) is 12.3 Å². The third-order valence-corrected chi connectivity index (χ3v) is 6.16. The van der Waals surface area contributed by atoms with Gasteiger partial charge < -0.3 is 14.8 Å². The van der Waals surface area contributed by atoms with Crippen molar-refractivity contribution in [1.82, 2.24) is 14.5 Å². The zero-order valence-corrected chi connectivity index (χ0v) is 14.4. The van der Waals surface area contributed by atoms with Crippen LogP contribution in [0.2, 0.25) is 0 Å². The van der Waals surface area contributed by atoms with Crippen molar-refractivity contribution in [2.24, 2.45) is 0 Å². The fraction of sp³-hybridized carbons (Fsp3) is 0.368. The maximum absolute atomic E-state index is 13.4. The van der Waals surface area contributed by atoms with Gasteiger partial charge in [0.25, 0.3) is 5.56 Å². The molecule has 1 unspecified atom stereocenters. The number of likely N-dealkylation sites (tertiary alicyclic amines) is 1. The number of piperidine rings is 1. The van der Waals surface area contributed by atoms with E-state index in [-0.39, 0.29) is 22.6 Å². The lowest BCUT2D eigenvalue weighted by Gasteiger charge is -2.55. The van der Waals surface area contributed by atoms with Gasteiger partial charge in [-0.3, -0.25) is 14.3 Å². The van der Waals surface area contributed by atoms with Crippen LogP contribution in [0.1, 0.15) is 29.5 Å². The molecule has 0 saturated carbocycles. The molecule has 134 valence electrons. The smallest absolute Gasteiger partial charge is 0.328 e. The molecule has 2 N–H and O–H groups in total. The minimum Gasteiger partial charge on any atom is -0.633 e. The van der Waals surface area contributed by atoms with Crippen LogP contribution in [0.5, 0.6) is 0 Å². The summed E-state index contributed by atoms with van der Waals surface area (Å²) in [6, 6.07) is 7.23. The zero-order valence-electron chi connectivity index (χ0n) is 14.4. The highest BCUT2D eigenvalue weighted by Crippen LogP contribution is 2.47. The summed E-state index contributed by atoms with van der Waals surface area (Å²) in [6.07, 6.45) is 4.99. The number of hydrogen-bond donors (Lipinski definition) is 2. The lowest BCUT2D eigenvalue weighted by Crippen LogP contribution is -2.59. The third-order valence-electron chi connectivity index (χ3n) is 6.16. The normalized spacial score (nSPS) is 30.3. The molecular formula is C19H20N4O3. The maximum Gasteiger partial charge on any atom is 0.328 e. The number of nitrogens with zero attached hydrogens (tertiary/aromatic N) is 2. The molecule has 7 heteroatoms. The van der Waals surface area contributed by atoms with E-state index in [1.54, 1.807) is 7.05 Å². The van der Waals surface area contributed by atoms with Gasteiger partial charge in [-0.05, 0) is 23.6 Å². The molecule has 0 amide bonds. The van der Waals surface area contributed by atoms with E-state index >= 15 is 0 Å². The monoisotopic (exact) mass is 352 g/mol. The van der Waals surface area contributed by atoms with Crippen LogP contribution in [0.4, 0.5) is 0 Å². The van der Waals surface area contributed by atoms with Gasteiger partial charge >= 0.3 is 5.69 Å². The van der Waals surface area contributed by atoms with Gasteiger partial charge in [0.05, 0.1) is 25.7 Å². The predicted molar refractivity (Wildman–Crippen MR) is 97.9 cm³/mol. The number of hydrogen-bond acceptors (Lipinski definition) is 3. The Morgan fingerprint density at radius 1 is 1.27 bits per heavy atom. The number of likely N-dealkylation sites (N-methyl/N-ethyl adjacent to an activating group) is 1. The van der Waals surface area contributed by atoms with Crippen LogP contribution in [0, 0.1) is 5.21 Å². The number of rotatable bonds is 1. The summed E-state index contributed by atoms with van der Waals surface area (Å²) in [5.41, 5.74) is 2.63. The highest BCUT2D eigenvalue weighted by atomic mass is 16.5. The molecule has 3 aromatic rings. The average molecular weight is 352 g/mol. The number of H-pyrrole nitrogens is 2. The first-order chi connectivity index (χ1) is 12.4. The topological polar surface area (TPSA) is 93.7 Å². The lowest BCUT2D eigenvalue weighted by atomic mass is 9.73.